The number of benzene rings is 2. The minimum Gasteiger partial charge on any atom is -0.261 e. The molecule has 178 valence electrons. The Balaban J connectivity index is 2.09. The highest BCUT2D eigenvalue weighted by Crippen LogP contribution is 2.34. The first-order chi connectivity index (χ1) is 16.0. The van der Waals surface area contributed by atoms with Crippen molar-refractivity contribution in [3.63, 3.8) is 0 Å². The number of hydrogen-bond acceptors (Lipinski definition) is 3. The quantitative estimate of drug-likeness (QED) is 0.345. The number of aromatic nitrogens is 1. The summed E-state index contributed by atoms with van der Waals surface area (Å²) < 4.78 is 0. The van der Waals surface area contributed by atoms with Crippen molar-refractivity contribution in [1.29, 1.82) is 0 Å². The molecule has 0 N–H and O–H groups in total. The SMILES string of the molecule is CC(=Nc1ccccc1C(C)(C)C)C(Cc1ccccn1)C(C)=Nc1ccccc1C(C)(C)C. The van der Waals surface area contributed by atoms with Gasteiger partial charge in [-0.1, -0.05) is 84.0 Å². The average Bonchev–Trinajstić information content (AvgIpc) is 2.77. The Kier molecular flexibility index (Phi) is 7.86. The normalized spacial score (nSPS) is 14.2. The molecule has 0 saturated heterocycles. The first-order valence-corrected chi connectivity index (χ1v) is 12.2. The molecule has 0 atom stereocenters. The van der Waals surface area contributed by atoms with Gasteiger partial charge in [0, 0.05) is 35.7 Å². The fourth-order valence-electron chi connectivity index (χ4n) is 4.27. The summed E-state index contributed by atoms with van der Waals surface area (Å²) in [6.07, 6.45) is 2.62. The van der Waals surface area contributed by atoms with Gasteiger partial charge < -0.3 is 0 Å². The molecule has 0 aliphatic heterocycles. The second-order valence-corrected chi connectivity index (χ2v) is 11.1. The molecule has 2 aromatic carbocycles. The van der Waals surface area contributed by atoms with E-state index in [1.54, 1.807) is 0 Å². The first kappa shape index (κ1) is 25.6. The predicted molar refractivity (Wildman–Crippen MR) is 147 cm³/mol. The zero-order chi connectivity index (χ0) is 24.9. The lowest BCUT2D eigenvalue weighted by atomic mass is 9.85. The van der Waals surface area contributed by atoms with Crippen molar-refractivity contribution < 1.29 is 0 Å². The lowest BCUT2D eigenvalue weighted by Gasteiger charge is -2.23. The molecule has 0 spiro atoms. The van der Waals surface area contributed by atoms with E-state index in [2.05, 4.69) is 115 Å². The lowest BCUT2D eigenvalue weighted by molar-refractivity contribution is 0.591. The summed E-state index contributed by atoms with van der Waals surface area (Å²) in [4.78, 5) is 14.9. The third kappa shape index (κ3) is 6.50. The number of nitrogens with zero attached hydrogens (tertiary/aromatic N) is 3. The molecule has 0 amide bonds. The molecule has 1 heterocycles. The Morgan fingerprint density at radius 1 is 0.676 bits per heavy atom. The van der Waals surface area contributed by atoms with E-state index in [9.17, 15) is 0 Å². The van der Waals surface area contributed by atoms with Crippen LogP contribution in [0.15, 0.2) is 82.9 Å². The van der Waals surface area contributed by atoms with Crippen molar-refractivity contribution in [2.24, 2.45) is 15.9 Å². The van der Waals surface area contributed by atoms with Crippen molar-refractivity contribution in [3.05, 3.63) is 89.7 Å². The fraction of sp³-hybridized carbons (Fsp3) is 0.387. The highest BCUT2D eigenvalue weighted by Gasteiger charge is 2.22. The summed E-state index contributed by atoms with van der Waals surface area (Å²) in [7, 11) is 0. The number of aliphatic imine (C=N–C) groups is 2. The molecule has 34 heavy (non-hydrogen) atoms. The van der Waals surface area contributed by atoms with E-state index in [4.69, 9.17) is 9.98 Å². The van der Waals surface area contributed by atoms with Gasteiger partial charge in [0.1, 0.15) is 0 Å². The Bertz CT molecular complexity index is 1090. The van der Waals surface area contributed by atoms with E-state index >= 15 is 0 Å². The summed E-state index contributed by atoms with van der Waals surface area (Å²) >= 11 is 0. The van der Waals surface area contributed by atoms with E-state index in [1.165, 1.54) is 11.1 Å². The van der Waals surface area contributed by atoms with Crippen LogP contribution in [-0.2, 0) is 17.3 Å². The van der Waals surface area contributed by atoms with Crippen molar-refractivity contribution in [3.8, 4) is 0 Å². The second kappa shape index (κ2) is 10.5. The molecule has 0 saturated carbocycles. The second-order valence-electron chi connectivity index (χ2n) is 11.1. The largest absolute Gasteiger partial charge is 0.261 e. The van der Waals surface area contributed by atoms with Gasteiger partial charge >= 0.3 is 0 Å². The van der Waals surface area contributed by atoms with Crippen LogP contribution in [0.1, 0.15) is 72.2 Å². The fourth-order valence-corrected chi connectivity index (χ4v) is 4.27. The Hall–Kier alpha value is -3.07. The van der Waals surface area contributed by atoms with E-state index in [0.717, 1.165) is 34.9 Å². The van der Waals surface area contributed by atoms with Gasteiger partial charge in [-0.25, -0.2) is 0 Å². The molecule has 0 fully saturated rings. The summed E-state index contributed by atoms with van der Waals surface area (Å²) in [5, 5.41) is 0. The number of hydrogen-bond donors (Lipinski definition) is 0. The van der Waals surface area contributed by atoms with Crippen molar-refractivity contribution in [2.75, 3.05) is 0 Å². The molecule has 3 rings (SSSR count). The van der Waals surface area contributed by atoms with Gasteiger partial charge in [-0.3, -0.25) is 15.0 Å². The summed E-state index contributed by atoms with van der Waals surface area (Å²) in [5.74, 6) is 0.0518. The molecule has 1 aromatic heterocycles. The molecule has 0 aliphatic carbocycles. The van der Waals surface area contributed by atoms with Gasteiger partial charge in [0.05, 0.1) is 11.4 Å². The van der Waals surface area contributed by atoms with Crippen molar-refractivity contribution in [1.82, 2.24) is 4.98 Å². The highest BCUT2D eigenvalue weighted by molar-refractivity contribution is 6.07. The van der Waals surface area contributed by atoms with Gasteiger partial charge in [0.15, 0.2) is 0 Å². The van der Waals surface area contributed by atoms with Crippen LogP contribution in [0.2, 0.25) is 0 Å². The summed E-state index contributed by atoms with van der Waals surface area (Å²) in [6.45, 7) is 17.7. The molecule has 0 unspecified atom stereocenters. The first-order valence-electron chi connectivity index (χ1n) is 12.2. The predicted octanol–water partition coefficient (Wildman–Crippen LogP) is 8.42. The molecule has 0 aliphatic rings. The topological polar surface area (TPSA) is 37.6 Å². The van der Waals surface area contributed by atoms with Crippen LogP contribution < -0.4 is 0 Å². The van der Waals surface area contributed by atoms with Gasteiger partial charge in [0.2, 0.25) is 0 Å². The van der Waals surface area contributed by atoms with Gasteiger partial charge in [-0.15, -0.1) is 0 Å². The number of para-hydroxylation sites is 2. The van der Waals surface area contributed by atoms with Gasteiger partial charge in [-0.2, -0.15) is 0 Å². The van der Waals surface area contributed by atoms with Crippen LogP contribution in [0.4, 0.5) is 11.4 Å². The average molecular weight is 454 g/mol. The summed E-state index contributed by atoms with van der Waals surface area (Å²) in [6, 6.07) is 23.0. The third-order valence-electron chi connectivity index (χ3n) is 6.17. The van der Waals surface area contributed by atoms with Crippen LogP contribution in [0.3, 0.4) is 0 Å². The molecule has 0 radical (unpaired) electrons. The van der Waals surface area contributed by atoms with Crippen LogP contribution in [0.25, 0.3) is 0 Å². The van der Waals surface area contributed by atoms with E-state index < -0.39 is 0 Å². The van der Waals surface area contributed by atoms with Gasteiger partial charge in [0.25, 0.3) is 0 Å². The van der Waals surface area contributed by atoms with Crippen molar-refractivity contribution in [2.45, 2.75) is 72.6 Å². The third-order valence-corrected chi connectivity index (χ3v) is 6.17. The Labute approximate surface area is 206 Å². The summed E-state index contributed by atoms with van der Waals surface area (Å²) in [5.41, 5.74) is 7.75. The lowest BCUT2D eigenvalue weighted by Crippen LogP contribution is -2.23. The molecule has 0 bridgehead atoms. The number of pyridine rings is 1. The highest BCUT2D eigenvalue weighted by atomic mass is 14.8. The smallest absolute Gasteiger partial charge is 0.0666 e. The minimum atomic E-state index is 0.0195. The van der Waals surface area contributed by atoms with Crippen LogP contribution in [0.5, 0.6) is 0 Å². The molecule has 3 nitrogen and oxygen atoms in total. The Morgan fingerprint density at radius 2 is 1.12 bits per heavy atom. The zero-order valence-corrected chi connectivity index (χ0v) is 22.1. The van der Waals surface area contributed by atoms with Crippen molar-refractivity contribution >= 4 is 22.8 Å². The van der Waals surface area contributed by atoms with Gasteiger partial charge in [-0.05, 0) is 60.1 Å². The van der Waals surface area contributed by atoms with Crippen LogP contribution in [-0.4, -0.2) is 16.4 Å². The van der Waals surface area contributed by atoms with Crippen LogP contribution >= 0.6 is 0 Å². The minimum absolute atomic E-state index is 0.0195. The molecule has 3 aromatic rings. The number of rotatable bonds is 6. The van der Waals surface area contributed by atoms with E-state index in [-0.39, 0.29) is 16.7 Å². The molecule has 3 heteroatoms. The monoisotopic (exact) mass is 453 g/mol. The van der Waals surface area contributed by atoms with Crippen LogP contribution in [0, 0.1) is 5.92 Å². The van der Waals surface area contributed by atoms with E-state index in [1.807, 2.05) is 18.3 Å². The molecular formula is C31H39N3. The maximum Gasteiger partial charge on any atom is 0.0666 e. The maximum absolute atomic E-state index is 5.16. The standard InChI is InChI=1S/C31H39N3/c1-22(33-28-18-11-9-16-26(28)30(3,4)5)25(21-24-15-13-14-20-32-24)23(2)34-29-19-12-10-17-27(29)31(6,7)8/h9-20,25H,21H2,1-8H3. The Morgan fingerprint density at radius 3 is 1.53 bits per heavy atom. The zero-order valence-electron chi connectivity index (χ0n) is 22.1. The van der Waals surface area contributed by atoms with E-state index in [0.29, 0.717) is 0 Å². The molecular weight excluding hydrogens is 414 g/mol. The maximum atomic E-state index is 5.16.